The van der Waals surface area contributed by atoms with Crippen molar-refractivity contribution in [2.75, 3.05) is 13.2 Å². The summed E-state index contributed by atoms with van der Waals surface area (Å²) < 4.78 is 15.0. The second-order valence-electron chi connectivity index (χ2n) is 6.54. The lowest BCUT2D eigenvalue weighted by Gasteiger charge is -2.15. The Morgan fingerprint density at radius 2 is 2.17 bits per heavy atom. The Balaban J connectivity index is 1.53. The molecule has 2 aromatic rings. The minimum atomic E-state index is -0.216. The highest BCUT2D eigenvalue weighted by molar-refractivity contribution is 5.30. The van der Waals surface area contributed by atoms with Crippen LogP contribution in [0.5, 0.6) is 0 Å². The SMILES string of the molecule is CCCn1cc(CNCC2(CO)CC2c2ccc(F)cc2)cn1. The molecule has 23 heavy (non-hydrogen) atoms. The van der Waals surface area contributed by atoms with Crippen molar-refractivity contribution >= 4 is 0 Å². The number of aromatic nitrogens is 2. The largest absolute Gasteiger partial charge is 0.396 e. The van der Waals surface area contributed by atoms with Gasteiger partial charge in [-0.2, -0.15) is 5.10 Å². The molecule has 2 N–H and O–H groups in total. The maximum Gasteiger partial charge on any atom is 0.123 e. The first-order valence-corrected chi connectivity index (χ1v) is 8.25. The Morgan fingerprint density at radius 1 is 1.39 bits per heavy atom. The molecule has 0 amide bonds. The Labute approximate surface area is 136 Å². The van der Waals surface area contributed by atoms with E-state index >= 15 is 0 Å². The molecule has 3 rings (SSSR count). The Hall–Kier alpha value is -1.72. The molecule has 1 aliphatic carbocycles. The van der Waals surface area contributed by atoms with Crippen LogP contribution in [0.2, 0.25) is 0 Å². The first-order valence-electron chi connectivity index (χ1n) is 8.25. The molecule has 0 aliphatic heterocycles. The molecule has 1 saturated carbocycles. The van der Waals surface area contributed by atoms with Gasteiger partial charge in [0.2, 0.25) is 0 Å². The van der Waals surface area contributed by atoms with Crippen LogP contribution in [0.25, 0.3) is 0 Å². The van der Waals surface area contributed by atoms with Gasteiger partial charge in [-0.25, -0.2) is 4.39 Å². The lowest BCUT2D eigenvalue weighted by Crippen LogP contribution is -2.27. The minimum Gasteiger partial charge on any atom is -0.396 e. The van der Waals surface area contributed by atoms with Crippen molar-refractivity contribution in [3.8, 4) is 0 Å². The van der Waals surface area contributed by atoms with Crippen molar-refractivity contribution in [2.45, 2.75) is 38.8 Å². The molecule has 1 aromatic heterocycles. The molecule has 1 aromatic carbocycles. The van der Waals surface area contributed by atoms with Gasteiger partial charge in [-0.1, -0.05) is 19.1 Å². The lowest BCUT2D eigenvalue weighted by molar-refractivity contribution is 0.202. The predicted molar refractivity (Wildman–Crippen MR) is 87.5 cm³/mol. The zero-order valence-corrected chi connectivity index (χ0v) is 13.5. The van der Waals surface area contributed by atoms with Gasteiger partial charge in [0.1, 0.15) is 5.82 Å². The number of rotatable bonds is 8. The quantitative estimate of drug-likeness (QED) is 0.787. The summed E-state index contributed by atoms with van der Waals surface area (Å²) in [5.41, 5.74) is 2.15. The first-order chi connectivity index (χ1) is 11.2. The zero-order chi connectivity index (χ0) is 16.3. The normalized spacial score (nSPS) is 23.2. The highest BCUT2D eigenvalue weighted by Gasteiger charge is 2.53. The number of nitrogens with zero attached hydrogens (tertiary/aromatic N) is 2. The van der Waals surface area contributed by atoms with Crippen molar-refractivity contribution in [2.24, 2.45) is 5.41 Å². The molecule has 0 radical (unpaired) electrons. The lowest BCUT2D eigenvalue weighted by atomic mass is 9.99. The number of hydrogen-bond donors (Lipinski definition) is 2. The monoisotopic (exact) mass is 317 g/mol. The van der Waals surface area contributed by atoms with E-state index in [0.717, 1.165) is 43.6 Å². The maximum atomic E-state index is 13.0. The molecule has 2 atom stereocenters. The van der Waals surface area contributed by atoms with Crippen LogP contribution in [-0.4, -0.2) is 28.0 Å². The summed E-state index contributed by atoms with van der Waals surface area (Å²) in [4.78, 5) is 0. The molecule has 124 valence electrons. The number of hydrogen-bond acceptors (Lipinski definition) is 3. The zero-order valence-electron chi connectivity index (χ0n) is 13.5. The third-order valence-electron chi connectivity index (χ3n) is 4.72. The summed E-state index contributed by atoms with van der Waals surface area (Å²) in [6.45, 7) is 4.73. The van der Waals surface area contributed by atoms with Gasteiger partial charge in [-0.3, -0.25) is 4.68 Å². The number of halogens is 1. The average molecular weight is 317 g/mol. The van der Waals surface area contributed by atoms with Crippen molar-refractivity contribution < 1.29 is 9.50 Å². The van der Waals surface area contributed by atoms with Crippen molar-refractivity contribution in [3.05, 3.63) is 53.6 Å². The van der Waals surface area contributed by atoms with Gasteiger partial charge in [0.05, 0.1) is 12.8 Å². The van der Waals surface area contributed by atoms with Crippen molar-refractivity contribution in [3.63, 3.8) is 0 Å². The number of aryl methyl sites for hydroxylation is 1. The third kappa shape index (κ3) is 3.62. The van der Waals surface area contributed by atoms with E-state index in [1.165, 1.54) is 12.1 Å². The van der Waals surface area contributed by atoms with E-state index in [-0.39, 0.29) is 17.8 Å². The molecule has 2 unspecified atom stereocenters. The summed E-state index contributed by atoms with van der Waals surface area (Å²) in [5.74, 6) is 0.0922. The van der Waals surface area contributed by atoms with Gasteiger partial charge in [0, 0.05) is 36.8 Å². The second kappa shape index (κ2) is 6.81. The average Bonchev–Trinajstić information content (AvgIpc) is 3.11. The van der Waals surface area contributed by atoms with Crippen LogP contribution in [0, 0.1) is 11.2 Å². The Kier molecular flexibility index (Phi) is 4.78. The first kappa shape index (κ1) is 16.1. The molecule has 1 aliphatic rings. The fourth-order valence-electron chi connectivity index (χ4n) is 3.24. The van der Waals surface area contributed by atoms with Gasteiger partial charge in [0.25, 0.3) is 0 Å². The van der Waals surface area contributed by atoms with E-state index in [9.17, 15) is 9.50 Å². The van der Waals surface area contributed by atoms with E-state index in [1.54, 1.807) is 0 Å². The molecule has 5 heteroatoms. The van der Waals surface area contributed by atoms with E-state index in [1.807, 2.05) is 23.0 Å². The van der Waals surface area contributed by atoms with Crippen LogP contribution >= 0.6 is 0 Å². The van der Waals surface area contributed by atoms with E-state index in [2.05, 4.69) is 23.5 Å². The molecule has 1 heterocycles. The minimum absolute atomic E-state index is 0.114. The highest BCUT2D eigenvalue weighted by Crippen LogP contribution is 2.58. The van der Waals surface area contributed by atoms with Crippen LogP contribution in [0.15, 0.2) is 36.7 Å². The van der Waals surface area contributed by atoms with Gasteiger partial charge in [-0.05, 0) is 36.5 Å². The third-order valence-corrected chi connectivity index (χ3v) is 4.72. The summed E-state index contributed by atoms with van der Waals surface area (Å²) >= 11 is 0. The second-order valence-corrected chi connectivity index (χ2v) is 6.54. The van der Waals surface area contributed by atoms with Gasteiger partial charge in [-0.15, -0.1) is 0 Å². The topological polar surface area (TPSA) is 50.1 Å². The van der Waals surface area contributed by atoms with Crippen LogP contribution in [0.4, 0.5) is 4.39 Å². The van der Waals surface area contributed by atoms with Crippen molar-refractivity contribution in [1.82, 2.24) is 15.1 Å². The summed E-state index contributed by atoms with van der Waals surface area (Å²) in [6.07, 6.45) is 5.96. The molecular weight excluding hydrogens is 293 g/mol. The number of benzene rings is 1. The molecular formula is C18H24FN3O. The molecule has 1 fully saturated rings. The van der Waals surface area contributed by atoms with Crippen molar-refractivity contribution in [1.29, 1.82) is 0 Å². The summed E-state index contributed by atoms with van der Waals surface area (Å²) in [6, 6.07) is 6.63. The molecule has 0 spiro atoms. The maximum absolute atomic E-state index is 13.0. The fraction of sp³-hybridized carbons (Fsp3) is 0.500. The van der Waals surface area contributed by atoms with Crippen LogP contribution < -0.4 is 5.32 Å². The van der Waals surface area contributed by atoms with Gasteiger partial charge in [0.15, 0.2) is 0 Å². The molecule has 4 nitrogen and oxygen atoms in total. The molecule has 0 bridgehead atoms. The van der Waals surface area contributed by atoms with Gasteiger partial charge >= 0.3 is 0 Å². The van der Waals surface area contributed by atoms with E-state index in [4.69, 9.17) is 0 Å². The number of nitrogens with one attached hydrogen (secondary N) is 1. The molecule has 0 saturated heterocycles. The number of aliphatic hydroxyl groups is 1. The Bertz CT molecular complexity index is 640. The van der Waals surface area contributed by atoms with E-state index in [0.29, 0.717) is 5.92 Å². The van der Waals surface area contributed by atoms with Crippen LogP contribution in [0.1, 0.15) is 36.8 Å². The number of aliphatic hydroxyl groups excluding tert-OH is 1. The Morgan fingerprint density at radius 3 is 2.87 bits per heavy atom. The summed E-state index contributed by atoms with van der Waals surface area (Å²) in [5, 5.41) is 17.5. The van der Waals surface area contributed by atoms with Crippen LogP contribution in [0.3, 0.4) is 0 Å². The van der Waals surface area contributed by atoms with E-state index < -0.39 is 0 Å². The smallest absolute Gasteiger partial charge is 0.123 e. The van der Waals surface area contributed by atoms with Crippen LogP contribution in [-0.2, 0) is 13.1 Å². The summed E-state index contributed by atoms with van der Waals surface area (Å²) in [7, 11) is 0. The standard InChI is InChI=1S/C18H24FN3O/c1-2-7-22-11-14(10-21-22)9-20-12-18(13-23)8-17(18)15-3-5-16(19)6-4-15/h3-6,10-11,17,20,23H,2,7-9,12-13H2,1H3. The fourth-order valence-corrected chi connectivity index (χ4v) is 3.24. The predicted octanol–water partition coefficient (Wildman–Crippen LogP) is 2.69. The highest BCUT2D eigenvalue weighted by atomic mass is 19.1. The van der Waals surface area contributed by atoms with Gasteiger partial charge < -0.3 is 10.4 Å².